The predicted octanol–water partition coefficient (Wildman–Crippen LogP) is 5.75. The second-order valence-electron chi connectivity index (χ2n) is 6.27. The van der Waals surface area contributed by atoms with Crippen LogP contribution in [0, 0.1) is 5.92 Å². The van der Waals surface area contributed by atoms with Crippen molar-refractivity contribution in [2.24, 2.45) is 5.92 Å². The summed E-state index contributed by atoms with van der Waals surface area (Å²) < 4.78 is 0. The van der Waals surface area contributed by atoms with Crippen molar-refractivity contribution in [3.63, 3.8) is 0 Å². The molecule has 2 aromatic rings. The molecule has 0 radical (unpaired) electrons. The van der Waals surface area contributed by atoms with Gasteiger partial charge in [-0.1, -0.05) is 68.4 Å². The van der Waals surface area contributed by atoms with Crippen LogP contribution in [0.15, 0.2) is 54.6 Å². The number of hydroxylamine groups is 2. The highest BCUT2D eigenvalue weighted by molar-refractivity contribution is 6.17. The molecule has 0 N–H and O–H groups in total. The Morgan fingerprint density at radius 1 is 0.913 bits per heavy atom. The number of benzene rings is 2. The van der Waals surface area contributed by atoms with Gasteiger partial charge in [0.2, 0.25) is 0 Å². The van der Waals surface area contributed by atoms with E-state index in [4.69, 9.17) is 16.4 Å². The zero-order valence-electron chi connectivity index (χ0n) is 14.4. The van der Waals surface area contributed by atoms with Crippen LogP contribution in [-0.4, -0.2) is 12.1 Å². The molecule has 0 aromatic heterocycles. The summed E-state index contributed by atoms with van der Waals surface area (Å²) in [5.41, 5.74) is 3.55. The van der Waals surface area contributed by atoms with Crippen LogP contribution in [0.4, 0.5) is 0 Å². The summed E-state index contributed by atoms with van der Waals surface area (Å²) in [6.45, 7) is 6.52. The van der Waals surface area contributed by atoms with Gasteiger partial charge in [0.15, 0.2) is 0 Å². The second-order valence-corrected chi connectivity index (χ2v) is 6.54. The number of halogens is 1. The van der Waals surface area contributed by atoms with Crippen molar-refractivity contribution >= 4 is 11.6 Å². The minimum absolute atomic E-state index is 0.00524. The number of hydrogen-bond acceptors (Lipinski definition) is 2. The molecular formula is C20H26ClNO. The van der Waals surface area contributed by atoms with Crippen LogP contribution in [0.25, 0.3) is 0 Å². The van der Waals surface area contributed by atoms with Crippen molar-refractivity contribution in [1.29, 1.82) is 0 Å². The lowest BCUT2D eigenvalue weighted by atomic mass is 9.96. The molecule has 2 aromatic carbocycles. The van der Waals surface area contributed by atoms with Gasteiger partial charge in [-0.3, -0.25) is 4.84 Å². The summed E-state index contributed by atoms with van der Waals surface area (Å²) in [6.07, 6.45) is -0.00524. The van der Waals surface area contributed by atoms with Crippen LogP contribution >= 0.6 is 11.6 Å². The molecule has 0 heterocycles. The van der Waals surface area contributed by atoms with E-state index in [1.54, 1.807) is 0 Å². The Labute approximate surface area is 145 Å². The van der Waals surface area contributed by atoms with E-state index >= 15 is 0 Å². The Balaban J connectivity index is 2.09. The first-order chi connectivity index (χ1) is 11.0. The van der Waals surface area contributed by atoms with Gasteiger partial charge < -0.3 is 0 Å². The van der Waals surface area contributed by atoms with Gasteiger partial charge in [0.25, 0.3) is 0 Å². The highest BCUT2D eigenvalue weighted by atomic mass is 35.5. The highest BCUT2D eigenvalue weighted by Crippen LogP contribution is 2.30. The lowest BCUT2D eigenvalue weighted by Crippen LogP contribution is -2.29. The van der Waals surface area contributed by atoms with Gasteiger partial charge in [-0.15, -0.1) is 11.6 Å². The average molecular weight is 332 g/mol. The Morgan fingerprint density at radius 3 is 2.04 bits per heavy atom. The largest absolute Gasteiger partial charge is 0.291 e. The van der Waals surface area contributed by atoms with Crippen LogP contribution in [0.5, 0.6) is 0 Å². The summed E-state index contributed by atoms with van der Waals surface area (Å²) in [5.74, 6) is 0.993. The van der Waals surface area contributed by atoms with E-state index in [-0.39, 0.29) is 12.1 Å². The molecule has 0 aliphatic heterocycles. The molecule has 2 nitrogen and oxygen atoms in total. The molecule has 0 aliphatic rings. The van der Waals surface area contributed by atoms with Gasteiger partial charge in [0.1, 0.15) is 6.10 Å². The lowest BCUT2D eigenvalue weighted by Gasteiger charge is -2.33. The van der Waals surface area contributed by atoms with E-state index in [1.165, 1.54) is 5.56 Å². The molecule has 0 saturated heterocycles. The van der Waals surface area contributed by atoms with Crippen LogP contribution < -0.4 is 0 Å². The minimum Gasteiger partial charge on any atom is -0.291 e. The third kappa shape index (κ3) is 4.81. The van der Waals surface area contributed by atoms with Crippen LogP contribution in [-0.2, 0) is 10.7 Å². The molecule has 2 unspecified atom stereocenters. The molecule has 2 atom stereocenters. The summed E-state index contributed by atoms with van der Waals surface area (Å²) in [5, 5.41) is 1.99. The summed E-state index contributed by atoms with van der Waals surface area (Å²) in [4.78, 5) is 6.19. The predicted molar refractivity (Wildman–Crippen MR) is 97.3 cm³/mol. The fourth-order valence-corrected chi connectivity index (χ4v) is 3.10. The minimum atomic E-state index is -0.00524. The summed E-state index contributed by atoms with van der Waals surface area (Å²) in [6, 6.07) is 19.0. The third-order valence-corrected chi connectivity index (χ3v) is 4.40. The zero-order valence-corrected chi connectivity index (χ0v) is 15.1. The molecule has 0 fully saturated rings. The first-order valence-electron chi connectivity index (χ1n) is 8.12. The zero-order chi connectivity index (χ0) is 16.8. The van der Waals surface area contributed by atoms with E-state index in [0.29, 0.717) is 11.8 Å². The Kier molecular flexibility index (Phi) is 6.64. The molecule has 23 heavy (non-hydrogen) atoms. The third-order valence-electron chi connectivity index (χ3n) is 4.09. The first-order valence-corrected chi connectivity index (χ1v) is 8.65. The van der Waals surface area contributed by atoms with E-state index < -0.39 is 0 Å². The second kappa shape index (κ2) is 8.49. The fraction of sp³-hybridized carbons (Fsp3) is 0.400. The normalized spacial score (nSPS) is 14.2. The van der Waals surface area contributed by atoms with Crippen LogP contribution in [0.3, 0.4) is 0 Å². The Morgan fingerprint density at radius 2 is 1.52 bits per heavy atom. The van der Waals surface area contributed by atoms with Gasteiger partial charge in [-0.05, 0) is 29.5 Å². The van der Waals surface area contributed by atoms with Crippen molar-refractivity contribution in [3.8, 4) is 0 Å². The van der Waals surface area contributed by atoms with Crippen molar-refractivity contribution in [1.82, 2.24) is 5.06 Å². The van der Waals surface area contributed by atoms with E-state index in [1.807, 2.05) is 18.2 Å². The molecule has 2 rings (SSSR count). The van der Waals surface area contributed by atoms with Gasteiger partial charge >= 0.3 is 0 Å². The molecule has 0 bridgehead atoms. The maximum absolute atomic E-state index is 6.19. The number of nitrogens with zero attached hydrogens (tertiary/aromatic N) is 1. The molecule has 0 spiro atoms. The molecule has 0 aliphatic carbocycles. The first kappa shape index (κ1) is 18.0. The highest BCUT2D eigenvalue weighted by Gasteiger charge is 2.23. The molecular weight excluding hydrogens is 306 g/mol. The molecule has 124 valence electrons. The van der Waals surface area contributed by atoms with Gasteiger partial charge in [0, 0.05) is 12.9 Å². The van der Waals surface area contributed by atoms with Crippen molar-refractivity contribution < 1.29 is 4.84 Å². The lowest BCUT2D eigenvalue weighted by molar-refractivity contribution is -0.212. The topological polar surface area (TPSA) is 12.5 Å². The van der Waals surface area contributed by atoms with Gasteiger partial charge in [0.05, 0.1) is 6.04 Å². The maximum atomic E-state index is 6.19. The molecule has 0 saturated carbocycles. The van der Waals surface area contributed by atoms with Crippen LogP contribution in [0.2, 0.25) is 0 Å². The summed E-state index contributed by atoms with van der Waals surface area (Å²) in [7, 11) is 2.02. The monoisotopic (exact) mass is 331 g/mol. The molecule has 3 heteroatoms. The Hall–Kier alpha value is -1.35. The quantitative estimate of drug-likeness (QED) is 0.473. The Bertz CT molecular complexity index is 582. The summed E-state index contributed by atoms with van der Waals surface area (Å²) >= 11 is 5.85. The molecule has 0 amide bonds. The maximum Gasteiger partial charge on any atom is 0.101 e. The van der Waals surface area contributed by atoms with E-state index in [2.05, 4.69) is 69.3 Å². The van der Waals surface area contributed by atoms with Crippen molar-refractivity contribution in [2.45, 2.75) is 38.8 Å². The average Bonchev–Trinajstić information content (AvgIpc) is 2.55. The fourth-order valence-electron chi connectivity index (χ4n) is 2.92. The smallest absolute Gasteiger partial charge is 0.101 e. The van der Waals surface area contributed by atoms with Gasteiger partial charge in [-0.2, -0.15) is 5.06 Å². The van der Waals surface area contributed by atoms with Crippen molar-refractivity contribution in [2.75, 3.05) is 7.05 Å². The number of hydrogen-bond donors (Lipinski definition) is 0. The van der Waals surface area contributed by atoms with Gasteiger partial charge in [-0.25, -0.2) is 0 Å². The van der Waals surface area contributed by atoms with E-state index in [9.17, 15) is 0 Å². The SMILES string of the molecule is CC(ON(C)C(c1ccccc1)C(C)C)c1ccc(CCl)cc1. The number of alkyl halides is 1. The van der Waals surface area contributed by atoms with Crippen molar-refractivity contribution in [3.05, 3.63) is 71.3 Å². The number of rotatable bonds is 7. The van der Waals surface area contributed by atoms with Crippen LogP contribution in [0.1, 0.15) is 49.6 Å². The van der Waals surface area contributed by atoms with E-state index in [0.717, 1.165) is 11.1 Å². The standard InChI is InChI=1S/C20H26ClNO/c1-15(2)20(19-8-6-5-7-9-19)22(4)23-16(3)18-12-10-17(14-21)11-13-18/h5-13,15-16,20H,14H2,1-4H3.